The van der Waals surface area contributed by atoms with E-state index in [4.69, 9.17) is 4.74 Å². The summed E-state index contributed by atoms with van der Waals surface area (Å²) in [4.78, 5) is 27.2. The molecule has 0 aromatic heterocycles. The van der Waals surface area contributed by atoms with Gasteiger partial charge < -0.3 is 20.3 Å². The van der Waals surface area contributed by atoms with E-state index in [9.17, 15) is 9.59 Å². The van der Waals surface area contributed by atoms with Crippen molar-refractivity contribution in [1.29, 1.82) is 0 Å². The lowest BCUT2D eigenvalue weighted by molar-refractivity contribution is -0.114. The minimum absolute atomic E-state index is 0.0631. The number of anilines is 2. The predicted molar refractivity (Wildman–Crippen MR) is 125 cm³/mol. The van der Waals surface area contributed by atoms with E-state index in [0.717, 1.165) is 44.5 Å². The van der Waals surface area contributed by atoms with Gasteiger partial charge in [0.25, 0.3) is 5.91 Å². The number of carbonyl (C=O) groups is 2. The van der Waals surface area contributed by atoms with Gasteiger partial charge >= 0.3 is 0 Å². The van der Waals surface area contributed by atoms with Gasteiger partial charge in [0, 0.05) is 24.3 Å². The molecule has 3 rings (SSSR count). The van der Waals surface area contributed by atoms with E-state index in [-0.39, 0.29) is 18.4 Å². The zero-order valence-corrected chi connectivity index (χ0v) is 18.4. The van der Waals surface area contributed by atoms with Crippen molar-refractivity contribution < 1.29 is 14.3 Å². The normalized spacial score (nSPS) is 13.9. The van der Waals surface area contributed by atoms with Crippen LogP contribution in [0.1, 0.15) is 55.8 Å². The number of ether oxygens (including phenoxy) is 1. The Morgan fingerprint density at radius 1 is 1.00 bits per heavy atom. The van der Waals surface area contributed by atoms with Crippen LogP contribution in [0.4, 0.5) is 11.4 Å². The molecule has 2 aromatic carbocycles. The molecule has 0 radical (unpaired) electrons. The lowest BCUT2D eigenvalue weighted by atomic mass is 10.1. The molecule has 2 N–H and O–H groups in total. The minimum atomic E-state index is -0.171. The Hall–Kier alpha value is -3.02. The highest BCUT2D eigenvalue weighted by Crippen LogP contribution is 2.24. The highest BCUT2D eigenvalue weighted by atomic mass is 16.5. The minimum Gasteiger partial charge on any atom is -0.491 e. The largest absolute Gasteiger partial charge is 0.491 e. The Morgan fingerprint density at radius 2 is 1.77 bits per heavy atom. The standard InChI is InChI=1S/C25H33N3O3/c1-2-3-17-31-23-14-7-6-13-22(23)27-24(29)19-26-21-12-10-11-20(18-21)25(30)28-15-8-4-5-9-16-28/h6-7,10-14,18,26H,2-5,8-9,15-17,19H2,1H3,(H,27,29). The fourth-order valence-corrected chi connectivity index (χ4v) is 3.62. The van der Waals surface area contributed by atoms with Crippen molar-refractivity contribution in [3.8, 4) is 5.75 Å². The Bertz CT molecular complexity index is 861. The van der Waals surface area contributed by atoms with Crippen molar-refractivity contribution in [3.05, 3.63) is 54.1 Å². The molecule has 1 saturated heterocycles. The first-order valence-electron chi connectivity index (χ1n) is 11.3. The highest BCUT2D eigenvalue weighted by Gasteiger charge is 2.17. The van der Waals surface area contributed by atoms with E-state index >= 15 is 0 Å². The van der Waals surface area contributed by atoms with Gasteiger partial charge in [0.2, 0.25) is 5.91 Å². The van der Waals surface area contributed by atoms with E-state index in [0.29, 0.717) is 23.6 Å². The first-order valence-corrected chi connectivity index (χ1v) is 11.3. The van der Waals surface area contributed by atoms with Gasteiger partial charge in [-0.1, -0.05) is 44.4 Å². The topological polar surface area (TPSA) is 70.7 Å². The van der Waals surface area contributed by atoms with Crippen LogP contribution in [0.5, 0.6) is 5.75 Å². The SMILES string of the molecule is CCCCOc1ccccc1NC(=O)CNc1cccc(C(=O)N2CCCCCC2)c1. The average molecular weight is 424 g/mol. The van der Waals surface area contributed by atoms with Crippen LogP contribution in [0.25, 0.3) is 0 Å². The molecule has 166 valence electrons. The van der Waals surface area contributed by atoms with Gasteiger partial charge in [-0.25, -0.2) is 0 Å². The van der Waals surface area contributed by atoms with Gasteiger partial charge in [0.1, 0.15) is 5.75 Å². The number of hydrogen-bond acceptors (Lipinski definition) is 4. The van der Waals surface area contributed by atoms with Crippen molar-refractivity contribution >= 4 is 23.2 Å². The summed E-state index contributed by atoms with van der Waals surface area (Å²) < 4.78 is 5.77. The number of benzene rings is 2. The molecule has 0 unspecified atom stereocenters. The van der Waals surface area contributed by atoms with Crippen LogP contribution >= 0.6 is 0 Å². The molecule has 2 aromatic rings. The molecule has 0 aliphatic carbocycles. The van der Waals surface area contributed by atoms with Crippen LogP contribution in [-0.4, -0.2) is 43.0 Å². The molecule has 1 aliphatic rings. The molecule has 1 fully saturated rings. The van der Waals surface area contributed by atoms with Crippen molar-refractivity contribution in [2.24, 2.45) is 0 Å². The first-order chi connectivity index (χ1) is 15.2. The van der Waals surface area contributed by atoms with Gasteiger partial charge in [-0.05, 0) is 49.6 Å². The number of nitrogens with one attached hydrogen (secondary N) is 2. The number of carbonyl (C=O) groups excluding carboxylic acids is 2. The number of likely N-dealkylation sites (tertiary alicyclic amines) is 1. The number of unbranched alkanes of at least 4 members (excludes halogenated alkanes) is 1. The molecule has 6 nitrogen and oxygen atoms in total. The maximum absolute atomic E-state index is 12.8. The van der Waals surface area contributed by atoms with Crippen molar-refractivity contribution in [2.45, 2.75) is 45.4 Å². The maximum Gasteiger partial charge on any atom is 0.253 e. The quantitative estimate of drug-likeness (QED) is 0.561. The predicted octanol–water partition coefficient (Wildman–Crippen LogP) is 4.93. The maximum atomic E-state index is 12.8. The second-order valence-corrected chi connectivity index (χ2v) is 7.89. The fourth-order valence-electron chi connectivity index (χ4n) is 3.62. The molecule has 0 saturated carbocycles. The number of amides is 2. The number of para-hydroxylation sites is 2. The molecule has 0 spiro atoms. The van der Waals surface area contributed by atoms with Gasteiger partial charge in [-0.15, -0.1) is 0 Å². The van der Waals surface area contributed by atoms with Crippen LogP contribution in [-0.2, 0) is 4.79 Å². The van der Waals surface area contributed by atoms with Crippen LogP contribution in [0.15, 0.2) is 48.5 Å². The van der Waals surface area contributed by atoms with Crippen LogP contribution in [0.3, 0.4) is 0 Å². The van der Waals surface area contributed by atoms with Crippen LogP contribution in [0.2, 0.25) is 0 Å². The fraction of sp³-hybridized carbons (Fsp3) is 0.440. The van der Waals surface area contributed by atoms with E-state index in [1.54, 1.807) is 0 Å². The second-order valence-electron chi connectivity index (χ2n) is 7.89. The van der Waals surface area contributed by atoms with Crippen LogP contribution < -0.4 is 15.4 Å². The summed E-state index contributed by atoms with van der Waals surface area (Å²) in [6, 6.07) is 14.8. The molecule has 0 atom stereocenters. The third-order valence-corrected chi connectivity index (χ3v) is 5.37. The monoisotopic (exact) mass is 423 g/mol. The van der Waals surface area contributed by atoms with Crippen molar-refractivity contribution in [3.63, 3.8) is 0 Å². The molecule has 1 heterocycles. The summed E-state index contributed by atoms with van der Waals surface area (Å²) in [5.74, 6) is 0.568. The van der Waals surface area contributed by atoms with E-state index in [1.165, 1.54) is 12.8 Å². The molecular formula is C25H33N3O3. The first kappa shape index (κ1) is 22.7. The van der Waals surface area contributed by atoms with Crippen molar-refractivity contribution in [2.75, 3.05) is 36.9 Å². The zero-order chi connectivity index (χ0) is 21.9. The Labute approximate surface area is 185 Å². The Kier molecular flexibility index (Phi) is 8.76. The van der Waals surface area contributed by atoms with Crippen LogP contribution in [0, 0.1) is 0 Å². The summed E-state index contributed by atoms with van der Waals surface area (Å²) in [6.45, 7) is 4.47. The molecule has 31 heavy (non-hydrogen) atoms. The Morgan fingerprint density at radius 3 is 2.55 bits per heavy atom. The molecule has 1 aliphatic heterocycles. The van der Waals surface area contributed by atoms with Gasteiger partial charge in [0.05, 0.1) is 18.8 Å². The van der Waals surface area contributed by atoms with E-state index < -0.39 is 0 Å². The summed E-state index contributed by atoms with van der Waals surface area (Å²) in [5.41, 5.74) is 2.07. The molecule has 2 amide bonds. The van der Waals surface area contributed by atoms with Gasteiger partial charge in [-0.3, -0.25) is 9.59 Å². The third kappa shape index (κ3) is 7.02. The summed E-state index contributed by atoms with van der Waals surface area (Å²) in [7, 11) is 0. The lowest BCUT2D eigenvalue weighted by Gasteiger charge is -2.20. The number of nitrogens with zero attached hydrogens (tertiary/aromatic N) is 1. The zero-order valence-electron chi connectivity index (χ0n) is 18.4. The van der Waals surface area contributed by atoms with E-state index in [2.05, 4.69) is 17.6 Å². The molecule has 6 heteroatoms. The average Bonchev–Trinajstić information content (AvgIpc) is 3.08. The Balaban J connectivity index is 1.55. The summed E-state index contributed by atoms with van der Waals surface area (Å²) in [6.07, 6.45) is 6.52. The van der Waals surface area contributed by atoms with Gasteiger partial charge in [0.15, 0.2) is 0 Å². The molecule has 0 bridgehead atoms. The second kappa shape index (κ2) is 12.0. The highest BCUT2D eigenvalue weighted by molar-refractivity contribution is 5.96. The van der Waals surface area contributed by atoms with Crippen molar-refractivity contribution in [1.82, 2.24) is 4.90 Å². The third-order valence-electron chi connectivity index (χ3n) is 5.37. The number of hydrogen-bond donors (Lipinski definition) is 2. The van der Waals surface area contributed by atoms with Gasteiger partial charge in [-0.2, -0.15) is 0 Å². The lowest BCUT2D eigenvalue weighted by Crippen LogP contribution is -2.31. The van der Waals surface area contributed by atoms with E-state index in [1.807, 2.05) is 53.4 Å². The number of rotatable bonds is 9. The smallest absolute Gasteiger partial charge is 0.253 e. The summed E-state index contributed by atoms with van der Waals surface area (Å²) >= 11 is 0. The summed E-state index contributed by atoms with van der Waals surface area (Å²) in [5, 5.41) is 6.03. The molecular weight excluding hydrogens is 390 g/mol.